The quantitative estimate of drug-likeness (QED) is 0.919. The normalized spacial score (nSPS) is 14.8. The van der Waals surface area contributed by atoms with E-state index in [4.69, 9.17) is 0 Å². The first-order valence-corrected chi connectivity index (χ1v) is 8.25. The molecule has 1 N–H and O–H groups in total. The van der Waals surface area contributed by atoms with Crippen molar-refractivity contribution in [1.82, 2.24) is 4.90 Å². The van der Waals surface area contributed by atoms with Crippen molar-refractivity contribution < 1.29 is 14.7 Å². The Labute approximate surface area is 141 Å². The lowest BCUT2D eigenvalue weighted by molar-refractivity contribution is -0.138. The van der Waals surface area contributed by atoms with Crippen LogP contribution in [0.1, 0.15) is 35.4 Å². The van der Waals surface area contributed by atoms with Crippen molar-refractivity contribution in [3.63, 3.8) is 0 Å². The van der Waals surface area contributed by atoms with Crippen LogP contribution in [0.5, 0.6) is 0 Å². The third kappa shape index (κ3) is 3.82. The summed E-state index contributed by atoms with van der Waals surface area (Å²) < 4.78 is 0. The summed E-state index contributed by atoms with van der Waals surface area (Å²) in [6.45, 7) is 1.31. The van der Waals surface area contributed by atoms with Crippen molar-refractivity contribution >= 4 is 11.9 Å². The lowest BCUT2D eigenvalue weighted by Crippen LogP contribution is -2.36. The molecular weight excluding hydrogens is 302 g/mol. The number of rotatable bonds is 5. The summed E-state index contributed by atoms with van der Waals surface area (Å²) in [6.07, 6.45) is 1.06. The van der Waals surface area contributed by atoms with Crippen molar-refractivity contribution in [3.8, 4) is 0 Å². The fourth-order valence-electron chi connectivity index (χ4n) is 3.29. The number of aliphatic carboxylic acids is 1. The van der Waals surface area contributed by atoms with Gasteiger partial charge in [0.05, 0.1) is 6.42 Å². The minimum Gasteiger partial charge on any atom is -0.481 e. The van der Waals surface area contributed by atoms with Crippen molar-refractivity contribution in [2.45, 2.75) is 31.7 Å². The second-order valence-electron chi connectivity index (χ2n) is 6.24. The van der Waals surface area contributed by atoms with Gasteiger partial charge in [0.25, 0.3) is 0 Å². The van der Waals surface area contributed by atoms with Gasteiger partial charge in [0.15, 0.2) is 0 Å². The number of fused-ring (bicyclic) bond motifs is 1. The summed E-state index contributed by atoms with van der Waals surface area (Å²) in [4.78, 5) is 25.7. The van der Waals surface area contributed by atoms with Gasteiger partial charge in [-0.15, -0.1) is 0 Å². The summed E-state index contributed by atoms with van der Waals surface area (Å²) in [6, 6.07) is 17.6. The Bertz CT molecular complexity index is 727. The van der Waals surface area contributed by atoms with E-state index >= 15 is 0 Å². The number of nitrogens with zero attached hydrogens (tertiary/aromatic N) is 1. The van der Waals surface area contributed by atoms with Gasteiger partial charge < -0.3 is 10.0 Å². The second-order valence-corrected chi connectivity index (χ2v) is 6.24. The van der Waals surface area contributed by atoms with E-state index in [0.717, 1.165) is 12.0 Å². The first-order chi connectivity index (χ1) is 11.6. The van der Waals surface area contributed by atoms with Gasteiger partial charge in [-0.05, 0) is 23.1 Å². The molecule has 0 unspecified atom stereocenters. The summed E-state index contributed by atoms with van der Waals surface area (Å²) in [5.74, 6) is -1.13. The highest BCUT2D eigenvalue weighted by Gasteiger charge is 2.25. The third-order valence-corrected chi connectivity index (χ3v) is 4.60. The van der Waals surface area contributed by atoms with Crippen LogP contribution in [0.4, 0.5) is 0 Å². The molecule has 0 fully saturated rings. The van der Waals surface area contributed by atoms with E-state index in [1.807, 2.05) is 47.4 Å². The van der Waals surface area contributed by atoms with E-state index < -0.39 is 5.97 Å². The van der Waals surface area contributed by atoms with Gasteiger partial charge in [0, 0.05) is 25.4 Å². The van der Waals surface area contributed by atoms with Crippen LogP contribution in [-0.4, -0.2) is 28.4 Å². The predicted molar refractivity (Wildman–Crippen MR) is 91.6 cm³/mol. The van der Waals surface area contributed by atoms with Gasteiger partial charge >= 0.3 is 5.97 Å². The average molecular weight is 323 g/mol. The van der Waals surface area contributed by atoms with E-state index in [1.54, 1.807) is 0 Å². The molecule has 0 saturated carbocycles. The minimum atomic E-state index is -0.874. The van der Waals surface area contributed by atoms with Crippen molar-refractivity contribution in [2.24, 2.45) is 0 Å². The maximum Gasteiger partial charge on any atom is 0.303 e. The maximum atomic E-state index is 12.7. The molecule has 3 rings (SSSR count). The van der Waals surface area contributed by atoms with E-state index in [9.17, 15) is 14.7 Å². The highest BCUT2D eigenvalue weighted by Crippen LogP contribution is 2.26. The third-order valence-electron chi connectivity index (χ3n) is 4.60. The maximum absolute atomic E-state index is 12.7. The largest absolute Gasteiger partial charge is 0.481 e. The molecule has 1 heterocycles. The molecule has 2 aromatic rings. The minimum absolute atomic E-state index is 0.0274. The first kappa shape index (κ1) is 16.2. The molecule has 1 atom stereocenters. The number of hydrogen-bond acceptors (Lipinski definition) is 2. The van der Waals surface area contributed by atoms with Crippen LogP contribution >= 0.6 is 0 Å². The molecule has 0 bridgehead atoms. The summed E-state index contributed by atoms with van der Waals surface area (Å²) >= 11 is 0. The Morgan fingerprint density at radius 3 is 2.33 bits per heavy atom. The number of amides is 1. The summed E-state index contributed by atoms with van der Waals surface area (Å²) in [7, 11) is 0. The van der Waals surface area contributed by atoms with Gasteiger partial charge in [-0.3, -0.25) is 9.59 Å². The van der Waals surface area contributed by atoms with Gasteiger partial charge in [-0.25, -0.2) is 0 Å². The molecule has 0 aromatic heterocycles. The number of benzene rings is 2. The van der Waals surface area contributed by atoms with Crippen molar-refractivity contribution in [3.05, 3.63) is 71.3 Å². The van der Waals surface area contributed by atoms with Crippen LogP contribution in [-0.2, 0) is 22.6 Å². The number of hydrogen-bond donors (Lipinski definition) is 1. The van der Waals surface area contributed by atoms with E-state index in [0.29, 0.717) is 13.1 Å². The molecule has 0 aliphatic carbocycles. The molecule has 24 heavy (non-hydrogen) atoms. The highest BCUT2D eigenvalue weighted by atomic mass is 16.4. The standard InChI is InChI=1S/C20H21NO3/c22-19(21-11-10-16-8-4-5-9-17(16)14-21)12-18(13-20(23)24)15-6-2-1-3-7-15/h1-9,18H,10-14H2,(H,23,24)/t18-/m0/s1. The first-order valence-electron chi connectivity index (χ1n) is 8.25. The Morgan fingerprint density at radius 1 is 0.958 bits per heavy atom. The number of carbonyl (C=O) groups is 2. The van der Waals surface area contributed by atoms with Crippen LogP contribution in [0, 0.1) is 0 Å². The van der Waals surface area contributed by atoms with E-state index in [-0.39, 0.29) is 24.7 Å². The van der Waals surface area contributed by atoms with Crippen LogP contribution in [0.2, 0.25) is 0 Å². The second kappa shape index (κ2) is 7.30. The van der Waals surface area contributed by atoms with Gasteiger partial charge in [-0.2, -0.15) is 0 Å². The zero-order valence-electron chi connectivity index (χ0n) is 13.5. The zero-order chi connectivity index (χ0) is 16.9. The van der Waals surface area contributed by atoms with E-state index in [2.05, 4.69) is 12.1 Å². The Kier molecular flexibility index (Phi) is 4.94. The molecule has 1 aliphatic rings. The molecule has 1 amide bonds. The topological polar surface area (TPSA) is 57.6 Å². The molecule has 4 heteroatoms. The molecule has 4 nitrogen and oxygen atoms in total. The Hall–Kier alpha value is -2.62. The van der Waals surface area contributed by atoms with Gasteiger partial charge in [-0.1, -0.05) is 54.6 Å². The lowest BCUT2D eigenvalue weighted by Gasteiger charge is -2.30. The van der Waals surface area contributed by atoms with Gasteiger partial charge in [0.2, 0.25) is 5.91 Å². The Morgan fingerprint density at radius 2 is 1.62 bits per heavy atom. The van der Waals surface area contributed by atoms with Crippen LogP contribution < -0.4 is 0 Å². The molecule has 2 aromatic carbocycles. The molecule has 0 saturated heterocycles. The summed E-state index contributed by atoms with van der Waals surface area (Å²) in [5.41, 5.74) is 3.39. The smallest absolute Gasteiger partial charge is 0.303 e. The number of carbonyl (C=O) groups excluding carboxylic acids is 1. The zero-order valence-corrected chi connectivity index (χ0v) is 13.5. The molecule has 0 spiro atoms. The fourth-order valence-corrected chi connectivity index (χ4v) is 3.29. The monoisotopic (exact) mass is 323 g/mol. The molecule has 0 radical (unpaired) electrons. The molecule has 1 aliphatic heterocycles. The molecule has 124 valence electrons. The van der Waals surface area contributed by atoms with Crippen LogP contribution in [0.25, 0.3) is 0 Å². The average Bonchev–Trinajstić information content (AvgIpc) is 2.61. The van der Waals surface area contributed by atoms with Crippen molar-refractivity contribution in [1.29, 1.82) is 0 Å². The van der Waals surface area contributed by atoms with Gasteiger partial charge in [0.1, 0.15) is 0 Å². The van der Waals surface area contributed by atoms with Crippen LogP contribution in [0.3, 0.4) is 0 Å². The predicted octanol–water partition coefficient (Wildman–Crippen LogP) is 3.22. The van der Waals surface area contributed by atoms with Crippen LogP contribution in [0.15, 0.2) is 54.6 Å². The Balaban J connectivity index is 1.71. The number of carboxylic acid groups (broad SMARTS) is 1. The van der Waals surface area contributed by atoms with E-state index in [1.165, 1.54) is 11.1 Å². The number of carboxylic acids is 1. The fraction of sp³-hybridized carbons (Fsp3) is 0.300. The van der Waals surface area contributed by atoms with Crippen molar-refractivity contribution in [2.75, 3.05) is 6.54 Å². The lowest BCUT2D eigenvalue weighted by atomic mass is 9.91. The SMILES string of the molecule is O=C(O)C[C@H](CC(=O)N1CCc2ccccc2C1)c1ccccc1. The molecular formula is C20H21NO3. The summed E-state index contributed by atoms with van der Waals surface area (Å²) in [5, 5.41) is 9.17. The highest BCUT2D eigenvalue weighted by molar-refractivity contribution is 5.79.